The van der Waals surface area contributed by atoms with Crippen LogP contribution >= 0.6 is 0 Å². The maximum Gasteiger partial charge on any atom is 0.387 e. The van der Waals surface area contributed by atoms with Crippen molar-refractivity contribution >= 4 is 0 Å². The third-order valence-corrected chi connectivity index (χ3v) is 3.67. The molecule has 0 amide bonds. The number of ether oxygens (including phenoxy) is 1. The predicted molar refractivity (Wildman–Crippen MR) is 87.9 cm³/mol. The van der Waals surface area contributed by atoms with E-state index in [1.54, 1.807) is 24.1 Å². The van der Waals surface area contributed by atoms with Crippen molar-refractivity contribution in [3.8, 4) is 17.1 Å². The summed E-state index contributed by atoms with van der Waals surface area (Å²) in [6, 6.07) is 9.44. The van der Waals surface area contributed by atoms with E-state index >= 15 is 0 Å². The summed E-state index contributed by atoms with van der Waals surface area (Å²) < 4.78 is 61.3. The molecule has 0 radical (unpaired) electrons. The molecule has 9 heteroatoms. The molecule has 0 saturated heterocycles. The van der Waals surface area contributed by atoms with E-state index in [-0.39, 0.29) is 36.1 Å². The Morgan fingerprint density at radius 1 is 1.11 bits per heavy atom. The summed E-state index contributed by atoms with van der Waals surface area (Å²) in [5.41, 5.74) is 0.578. The molecule has 0 unspecified atom stereocenters. The molecule has 5 nitrogen and oxygen atoms in total. The molecular weight excluding hydrogens is 366 g/mol. The molecule has 0 aliphatic carbocycles. The van der Waals surface area contributed by atoms with Gasteiger partial charge >= 0.3 is 6.61 Å². The second kappa shape index (κ2) is 8.17. The van der Waals surface area contributed by atoms with Gasteiger partial charge in [0.15, 0.2) is 0 Å². The van der Waals surface area contributed by atoms with Gasteiger partial charge < -0.3 is 9.26 Å². The second-order valence-corrected chi connectivity index (χ2v) is 5.79. The number of hydrogen-bond acceptors (Lipinski definition) is 5. The molecule has 142 valence electrons. The van der Waals surface area contributed by atoms with Gasteiger partial charge in [-0.1, -0.05) is 23.4 Å². The van der Waals surface area contributed by atoms with E-state index in [4.69, 9.17) is 4.52 Å². The van der Waals surface area contributed by atoms with Gasteiger partial charge in [-0.25, -0.2) is 8.78 Å². The summed E-state index contributed by atoms with van der Waals surface area (Å²) in [5, 5.41) is 3.78. The van der Waals surface area contributed by atoms with E-state index in [9.17, 15) is 17.6 Å². The minimum atomic E-state index is -2.98. The molecule has 1 aromatic heterocycles. The van der Waals surface area contributed by atoms with Crippen molar-refractivity contribution in [2.45, 2.75) is 19.7 Å². The van der Waals surface area contributed by atoms with Crippen LogP contribution in [0.25, 0.3) is 11.4 Å². The van der Waals surface area contributed by atoms with Crippen LogP contribution in [0, 0.1) is 11.6 Å². The highest BCUT2D eigenvalue weighted by atomic mass is 19.3. The van der Waals surface area contributed by atoms with E-state index in [0.29, 0.717) is 5.56 Å². The molecule has 0 atom stereocenters. The molecular formula is C18H15F4N3O2. The number of rotatable bonds is 7. The molecule has 0 bridgehead atoms. The SMILES string of the molecule is CN(Cc1nc(-c2ccccc2OC(F)F)no1)Cc1ccc(F)cc1F. The summed E-state index contributed by atoms with van der Waals surface area (Å²) in [4.78, 5) is 5.86. The van der Waals surface area contributed by atoms with Crippen molar-refractivity contribution in [2.24, 2.45) is 0 Å². The molecule has 3 rings (SSSR count). The van der Waals surface area contributed by atoms with Crippen LogP contribution in [-0.4, -0.2) is 28.7 Å². The zero-order valence-electron chi connectivity index (χ0n) is 14.2. The number of hydrogen-bond donors (Lipinski definition) is 0. The first-order valence-electron chi connectivity index (χ1n) is 7.91. The molecule has 0 aliphatic rings. The molecule has 1 heterocycles. The van der Waals surface area contributed by atoms with Crippen molar-refractivity contribution in [1.82, 2.24) is 15.0 Å². The van der Waals surface area contributed by atoms with E-state index in [2.05, 4.69) is 14.9 Å². The van der Waals surface area contributed by atoms with Crippen LogP contribution < -0.4 is 4.74 Å². The van der Waals surface area contributed by atoms with Gasteiger partial charge in [0.1, 0.15) is 17.4 Å². The zero-order chi connectivity index (χ0) is 19.4. The van der Waals surface area contributed by atoms with Gasteiger partial charge in [0, 0.05) is 18.2 Å². The van der Waals surface area contributed by atoms with Gasteiger partial charge in [-0.2, -0.15) is 13.8 Å². The smallest absolute Gasteiger partial charge is 0.387 e. The highest BCUT2D eigenvalue weighted by molar-refractivity contribution is 5.63. The van der Waals surface area contributed by atoms with Gasteiger partial charge in [-0.05, 0) is 25.2 Å². The standard InChI is InChI=1S/C18H15F4N3O2/c1-25(9-11-6-7-12(19)8-14(11)20)10-16-23-17(24-27-16)13-4-2-3-5-15(13)26-18(21)22/h2-8,18H,9-10H2,1H3. The highest BCUT2D eigenvalue weighted by Crippen LogP contribution is 2.29. The number of nitrogens with zero attached hydrogens (tertiary/aromatic N) is 3. The molecule has 27 heavy (non-hydrogen) atoms. The average molecular weight is 381 g/mol. The largest absolute Gasteiger partial charge is 0.434 e. The maximum absolute atomic E-state index is 13.7. The van der Waals surface area contributed by atoms with Gasteiger partial charge in [-0.3, -0.25) is 4.90 Å². The summed E-state index contributed by atoms with van der Waals surface area (Å²) in [6.45, 7) is -2.61. The Kier molecular flexibility index (Phi) is 5.70. The van der Waals surface area contributed by atoms with Gasteiger partial charge in [0.05, 0.1) is 12.1 Å². The lowest BCUT2D eigenvalue weighted by molar-refractivity contribution is -0.0494. The molecule has 0 aliphatic heterocycles. The number of alkyl halides is 2. The summed E-state index contributed by atoms with van der Waals surface area (Å²) in [5.74, 6) is -1.05. The maximum atomic E-state index is 13.7. The Bertz CT molecular complexity index is 917. The fourth-order valence-corrected chi connectivity index (χ4v) is 2.51. The molecule has 0 N–H and O–H groups in total. The third kappa shape index (κ3) is 4.82. The highest BCUT2D eigenvalue weighted by Gasteiger charge is 2.17. The van der Waals surface area contributed by atoms with Crippen LogP contribution in [0.15, 0.2) is 47.0 Å². The van der Waals surface area contributed by atoms with Crippen molar-refractivity contribution in [1.29, 1.82) is 0 Å². The second-order valence-electron chi connectivity index (χ2n) is 5.79. The number of aromatic nitrogens is 2. The fraction of sp³-hybridized carbons (Fsp3) is 0.222. The third-order valence-electron chi connectivity index (χ3n) is 3.67. The van der Waals surface area contributed by atoms with E-state index < -0.39 is 18.2 Å². The normalized spacial score (nSPS) is 11.4. The van der Waals surface area contributed by atoms with Crippen LogP contribution in [0.3, 0.4) is 0 Å². The lowest BCUT2D eigenvalue weighted by atomic mass is 10.2. The topological polar surface area (TPSA) is 51.4 Å². The lowest BCUT2D eigenvalue weighted by Crippen LogP contribution is -2.18. The van der Waals surface area contributed by atoms with Crippen molar-refractivity contribution < 1.29 is 26.8 Å². The molecule has 2 aromatic carbocycles. The predicted octanol–water partition coefficient (Wildman–Crippen LogP) is 4.25. The van der Waals surface area contributed by atoms with Gasteiger partial charge in [0.25, 0.3) is 0 Å². The molecule has 0 saturated carbocycles. The lowest BCUT2D eigenvalue weighted by Gasteiger charge is -2.14. The van der Waals surface area contributed by atoms with Gasteiger partial charge in [-0.15, -0.1) is 0 Å². The van der Waals surface area contributed by atoms with E-state index in [0.717, 1.165) is 6.07 Å². The summed E-state index contributed by atoms with van der Waals surface area (Å²) in [7, 11) is 1.69. The molecule has 3 aromatic rings. The fourth-order valence-electron chi connectivity index (χ4n) is 2.51. The van der Waals surface area contributed by atoms with Crippen LogP contribution in [0.5, 0.6) is 5.75 Å². The minimum absolute atomic E-state index is 0.0680. The Morgan fingerprint density at radius 2 is 1.89 bits per heavy atom. The molecule has 0 spiro atoms. The number of halogens is 4. The number of para-hydroxylation sites is 1. The Balaban J connectivity index is 1.71. The van der Waals surface area contributed by atoms with E-state index in [1.807, 2.05) is 0 Å². The van der Waals surface area contributed by atoms with Crippen molar-refractivity contribution in [3.63, 3.8) is 0 Å². The molecule has 0 fully saturated rings. The van der Waals surface area contributed by atoms with E-state index in [1.165, 1.54) is 24.3 Å². The van der Waals surface area contributed by atoms with Crippen molar-refractivity contribution in [3.05, 3.63) is 65.6 Å². The number of benzene rings is 2. The Labute approximate surface area is 152 Å². The van der Waals surface area contributed by atoms with Crippen LogP contribution in [0.4, 0.5) is 17.6 Å². The average Bonchev–Trinajstić information content (AvgIpc) is 3.05. The first-order chi connectivity index (χ1) is 12.9. The Morgan fingerprint density at radius 3 is 2.63 bits per heavy atom. The summed E-state index contributed by atoms with van der Waals surface area (Å²) in [6.07, 6.45) is 0. The monoisotopic (exact) mass is 381 g/mol. The van der Waals surface area contributed by atoms with Crippen LogP contribution in [0.1, 0.15) is 11.5 Å². The Hall–Kier alpha value is -2.94. The van der Waals surface area contributed by atoms with Crippen LogP contribution in [0.2, 0.25) is 0 Å². The van der Waals surface area contributed by atoms with Crippen molar-refractivity contribution in [2.75, 3.05) is 7.05 Å². The quantitative estimate of drug-likeness (QED) is 0.573. The minimum Gasteiger partial charge on any atom is -0.434 e. The first kappa shape index (κ1) is 18.8. The first-order valence-corrected chi connectivity index (χ1v) is 7.91. The van der Waals surface area contributed by atoms with Gasteiger partial charge in [0.2, 0.25) is 11.7 Å². The zero-order valence-corrected chi connectivity index (χ0v) is 14.2. The summed E-state index contributed by atoms with van der Waals surface area (Å²) >= 11 is 0. The van der Waals surface area contributed by atoms with Crippen LogP contribution in [-0.2, 0) is 13.1 Å².